The minimum absolute atomic E-state index is 0.144. The fourth-order valence-electron chi connectivity index (χ4n) is 1.83. The van der Waals surface area contributed by atoms with Crippen molar-refractivity contribution < 1.29 is 14.9 Å². The molecule has 2 rings (SSSR count). The average molecular weight is 254 g/mol. The van der Waals surface area contributed by atoms with E-state index in [0.29, 0.717) is 0 Å². The molecule has 98 valence electrons. The van der Waals surface area contributed by atoms with Gasteiger partial charge in [0.05, 0.1) is 19.3 Å². The Labute approximate surface area is 102 Å². The van der Waals surface area contributed by atoms with Crippen molar-refractivity contribution in [1.29, 1.82) is 0 Å². The number of hydrogen-bond acceptors (Lipinski definition) is 5. The summed E-state index contributed by atoms with van der Waals surface area (Å²) < 4.78 is 6.69. The molecule has 0 saturated carbocycles. The number of nitrogens with zero attached hydrogens (tertiary/aromatic N) is 1. The van der Waals surface area contributed by atoms with E-state index in [0.717, 1.165) is 0 Å². The highest BCUT2D eigenvalue weighted by Crippen LogP contribution is 2.23. The third kappa shape index (κ3) is 2.42. The Morgan fingerprint density at radius 2 is 2.06 bits per heavy atom. The maximum absolute atomic E-state index is 11.6. The fraction of sp³-hybridized carbons (Fsp3) is 0.455. The zero-order chi connectivity index (χ0) is 13.1. The van der Waals surface area contributed by atoms with E-state index in [4.69, 9.17) is 14.9 Å². The third-order valence-corrected chi connectivity index (χ3v) is 2.83. The minimum Gasteiger partial charge on any atom is -0.396 e. The lowest BCUT2D eigenvalue weighted by Crippen LogP contribution is -2.39. The molecule has 2 heterocycles. The topological polar surface area (TPSA) is 105 Å². The van der Waals surface area contributed by atoms with E-state index in [-0.39, 0.29) is 19.1 Å². The third-order valence-electron chi connectivity index (χ3n) is 2.83. The number of aromatic amines is 1. The lowest BCUT2D eigenvalue weighted by Gasteiger charge is -2.30. The molecular formula is C11H14N2O5. The Bertz CT molecular complexity index is 547. The molecule has 7 nitrogen and oxygen atoms in total. The van der Waals surface area contributed by atoms with Crippen molar-refractivity contribution in [2.24, 2.45) is 5.92 Å². The second kappa shape index (κ2) is 5.30. The molecule has 0 saturated heterocycles. The van der Waals surface area contributed by atoms with Gasteiger partial charge in [-0.15, -0.1) is 0 Å². The van der Waals surface area contributed by atoms with Gasteiger partial charge in [0.2, 0.25) is 0 Å². The average Bonchev–Trinajstić information content (AvgIpc) is 2.38. The molecule has 1 unspecified atom stereocenters. The van der Waals surface area contributed by atoms with Gasteiger partial charge in [-0.25, -0.2) is 4.79 Å². The number of rotatable bonds is 3. The van der Waals surface area contributed by atoms with Gasteiger partial charge in [0.15, 0.2) is 6.23 Å². The number of aromatic nitrogens is 2. The summed E-state index contributed by atoms with van der Waals surface area (Å²) in [6, 6.07) is 1.21. The van der Waals surface area contributed by atoms with Crippen LogP contribution in [0.4, 0.5) is 0 Å². The van der Waals surface area contributed by atoms with Crippen LogP contribution in [0, 0.1) is 5.92 Å². The predicted octanol–water partition coefficient (Wildman–Crippen LogP) is -1.41. The van der Waals surface area contributed by atoms with Gasteiger partial charge in [0.25, 0.3) is 5.56 Å². The van der Waals surface area contributed by atoms with E-state index in [1.165, 1.54) is 16.8 Å². The van der Waals surface area contributed by atoms with Crippen LogP contribution in [0.5, 0.6) is 0 Å². The van der Waals surface area contributed by atoms with Crippen LogP contribution in [-0.4, -0.2) is 39.1 Å². The van der Waals surface area contributed by atoms with Crippen molar-refractivity contribution in [3.8, 4) is 0 Å². The summed E-state index contributed by atoms with van der Waals surface area (Å²) in [4.78, 5) is 24.6. The summed E-state index contributed by atoms with van der Waals surface area (Å²) in [7, 11) is 0. The highest BCUT2D eigenvalue weighted by atomic mass is 16.5. The lowest BCUT2D eigenvalue weighted by atomic mass is 10.0. The Morgan fingerprint density at radius 3 is 2.67 bits per heavy atom. The van der Waals surface area contributed by atoms with Crippen LogP contribution in [0.15, 0.2) is 34.0 Å². The summed E-state index contributed by atoms with van der Waals surface area (Å²) >= 11 is 0. The molecular weight excluding hydrogens is 240 g/mol. The normalized spacial score (nSPS) is 27.3. The fourth-order valence-corrected chi connectivity index (χ4v) is 1.83. The van der Waals surface area contributed by atoms with Crippen LogP contribution in [0.1, 0.15) is 6.23 Å². The van der Waals surface area contributed by atoms with Crippen molar-refractivity contribution >= 4 is 0 Å². The van der Waals surface area contributed by atoms with Crippen LogP contribution < -0.4 is 11.2 Å². The molecule has 3 atom stereocenters. The monoisotopic (exact) mass is 254 g/mol. The first-order valence-corrected chi connectivity index (χ1v) is 5.52. The second-order valence-electron chi connectivity index (χ2n) is 4.00. The number of aliphatic hydroxyl groups excluding tert-OH is 2. The van der Waals surface area contributed by atoms with Gasteiger partial charge in [-0.2, -0.15) is 0 Å². The van der Waals surface area contributed by atoms with Gasteiger partial charge >= 0.3 is 5.69 Å². The molecule has 1 aliphatic rings. The number of ether oxygens (including phenoxy) is 1. The molecule has 0 fully saturated rings. The number of H-pyrrole nitrogens is 1. The molecule has 7 heteroatoms. The summed E-state index contributed by atoms with van der Waals surface area (Å²) in [5.74, 6) is -0.301. The smallest absolute Gasteiger partial charge is 0.330 e. The molecule has 0 bridgehead atoms. The first-order valence-electron chi connectivity index (χ1n) is 5.52. The molecule has 1 aliphatic heterocycles. The maximum Gasteiger partial charge on any atom is 0.330 e. The Hall–Kier alpha value is -1.70. The van der Waals surface area contributed by atoms with E-state index < -0.39 is 23.6 Å². The minimum atomic E-state index is -0.700. The van der Waals surface area contributed by atoms with Gasteiger partial charge in [0, 0.05) is 18.2 Å². The molecule has 3 N–H and O–H groups in total. The summed E-state index contributed by atoms with van der Waals surface area (Å²) in [6.07, 6.45) is 3.33. The summed E-state index contributed by atoms with van der Waals surface area (Å²) in [5, 5.41) is 18.2. The zero-order valence-corrected chi connectivity index (χ0v) is 9.52. The number of aliphatic hydroxyl groups is 2. The van der Waals surface area contributed by atoms with E-state index in [1.54, 1.807) is 12.2 Å². The first kappa shape index (κ1) is 12.7. The molecule has 0 amide bonds. The maximum atomic E-state index is 11.6. The lowest BCUT2D eigenvalue weighted by molar-refractivity contribution is -0.0886. The Morgan fingerprint density at radius 1 is 1.28 bits per heavy atom. The van der Waals surface area contributed by atoms with Crippen LogP contribution in [0.3, 0.4) is 0 Å². The number of nitrogens with one attached hydrogen (secondary N) is 1. The molecule has 18 heavy (non-hydrogen) atoms. The molecule has 1 aromatic rings. The standard InChI is InChI=1S/C11H14N2O5/c14-5-7-1-2-10(18-8(7)6-15)13-4-3-9(16)12-11(13)17/h1-4,7-8,10,14-15H,5-6H2,(H,12,16,17)/t7-,8-,10?/m0/s1. The van der Waals surface area contributed by atoms with Crippen LogP contribution >= 0.6 is 0 Å². The van der Waals surface area contributed by atoms with E-state index in [2.05, 4.69) is 4.98 Å². The summed E-state index contributed by atoms with van der Waals surface area (Å²) in [5.41, 5.74) is -1.07. The van der Waals surface area contributed by atoms with E-state index in [1.807, 2.05) is 0 Å². The Kier molecular flexibility index (Phi) is 3.75. The van der Waals surface area contributed by atoms with Gasteiger partial charge < -0.3 is 14.9 Å². The van der Waals surface area contributed by atoms with E-state index >= 15 is 0 Å². The van der Waals surface area contributed by atoms with Gasteiger partial charge in [-0.1, -0.05) is 6.08 Å². The van der Waals surface area contributed by atoms with Gasteiger partial charge in [-0.05, 0) is 6.08 Å². The van der Waals surface area contributed by atoms with Crippen LogP contribution in [-0.2, 0) is 4.74 Å². The zero-order valence-electron chi connectivity index (χ0n) is 9.52. The number of hydrogen-bond donors (Lipinski definition) is 3. The molecule has 0 radical (unpaired) electrons. The predicted molar refractivity (Wildman–Crippen MR) is 62.0 cm³/mol. The molecule has 0 aromatic carbocycles. The Balaban J connectivity index is 2.30. The van der Waals surface area contributed by atoms with E-state index in [9.17, 15) is 9.59 Å². The van der Waals surface area contributed by atoms with Crippen molar-refractivity contribution in [1.82, 2.24) is 9.55 Å². The SMILES string of the molecule is O=c1ccn(C2C=C[C@@H](CO)[C@H](CO)O2)c(=O)[nH]1. The highest BCUT2D eigenvalue weighted by Gasteiger charge is 2.27. The molecule has 1 aromatic heterocycles. The molecule has 0 spiro atoms. The van der Waals surface area contributed by atoms with Crippen molar-refractivity contribution in [2.75, 3.05) is 13.2 Å². The molecule has 0 aliphatic carbocycles. The van der Waals surface area contributed by atoms with Gasteiger partial charge in [0.1, 0.15) is 0 Å². The quantitative estimate of drug-likeness (QED) is 0.575. The second-order valence-corrected chi connectivity index (χ2v) is 4.00. The summed E-state index contributed by atoms with van der Waals surface area (Å²) in [6.45, 7) is -0.404. The van der Waals surface area contributed by atoms with Crippen LogP contribution in [0.25, 0.3) is 0 Å². The largest absolute Gasteiger partial charge is 0.396 e. The van der Waals surface area contributed by atoms with Crippen molar-refractivity contribution in [2.45, 2.75) is 12.3 Å². The van der Waals surface area contributed by atoms with Crippen LogP contribution in [0.2, 0.25) is 0 Å². The van der Waals surface area contributed by atoms with Crippen molar-refractivity contribution in [3.05, 3.63) is 45.3 Å². The highest BCUT2D eigenvalue weighted by molar-refractivity contribution is 5.01. The first-order chi connectivity index (χ1) is 8.65. The van der Waals surface area contributed by atoms with Gasteiger partial charge in [-0.3, -0.25) is 14.3 Å². The van der Waals surface area contributed by atoms with Crippen molar-refractivity contribution in [3.63, 3.8) is 0 Å².